The van der Waals surface area contributed by atoms with Gasteiger partial charge in [-0.2, -0.15) is 0 Å². The first-order chi connectivity index (χ1) is 6.56. The third kappa shape index (κ3) is 7.54. The Morgan fingerprint density at radius 2 is 2.00 bits per heavy atom. The third-order valence-electron chi connectivity index (χ3n) is 1.29. The van der Waals surface area contributed by atoms with Gasteiger partial charge < -0.3 is 14.8 Å². The highest BCUT2D eigenvalue weighted by atomic mass is 16.5. The topological polar surface area (TPSA) is 64.6 Å². The molecule has 0 bridgehead atoms. The Bertz CT molecular complexity index is 191. The van der Waals surface area contributed by atoms with Crippen molar-refractivity contribution in [1.82, 2.24) is 5.32 Å². The molecule has 0 aliphatic carbocycles. The maximum absolute atomic E-state index is 11.0. The lowest BCUT2D eigenvalue weighted by Gasteiger charge is -2.08. The first-order valence-corrected chi connectivity index (χ1v) is 4.51. The molecule has 14 heavy (non-hydrogen) atoms. The van der Waals surface area contributed by atoms with Gasteiger partial charge in [0.15, 0.2) is 0 Å². The van der Waals surface area contributed by atoms with Gasteiger partial charge >= 0.3 is 5.97 Å². The van der Waals surface area contributed by atoms with E-state index in [0.717, 1.165) is 0 Å². The number of carbonyl (C=O) groups is 2. The maximum atomic E-state index is 11.0. The van der Waals surface area contributed by atoms with Gasteiger partial charge in [0, 0.05) is 13.7 Å². The third-order valence-corrected chi connectivity index (χ3v) is 1.29. The molecule has 0 aliphatic heterocycles. The summed E-state index contributed by atoms with van der Waals surface area (Å²) in [6.07, 6.45) is 0.0744. The van der Waals surface area contributed by atoms with Gasteiger partial charge in [-0.25, -0.2) is 0 Å². The molecule has 0 atom stereocenters. The summed E-state index contributed by atoms with van der Waals surface area (Å²) in [4.78, 5) is 21.8. The van der Waals surface area contributed by atoms with Crippen LogP contribution in [0.4, 0.5) is 0 Å². The molecule has 1 amide bonds. The lowest BCUT2D eigenvalue weighted by Crippen LogP contribution is -2.29. The van der Waals surface area contributed by atoms with Gasteiger partial charge in [0.2, 0.25) is 5.91 Å². The zero-order chi connectivity index (χ0) is 11.0. The summed E-state index contributed by atoms with van der Waals surface area (Å²) < 4.78 is 9.47. The average molecular weight is 203 g/mol. The maximum Gasteiger partial charge on any atom is 0.307 e. The van der Waals surface area contributed by atoms with E-state index in [1.54, 1.807) is 13.8 Å². The molecule has 5 heteroatoms. The lowest BCUT2D eigenvalue weighted by molar-refractivity contribution is -0.147. The Balaban J connectivity index is 3.44. The van der Waals surface area contributed by atoms with Gasteiger partial charge in [-0.05, 0) is 13.8 Å². The normalized spacial score (nSPS) is 10.0. The predicted molar refractivity (Wildman–Crippen MR) is 50.7 cm³/mol. The average Bonchev–Trinajstić information content (AvgIpc) is 2.02. The molecular weight excluding hydrogens is 186 g/mol. The van der Waals surface area contributed by atoms with E-state index in [4.69, 9.17) is 4.74 Å². The van der Waals surface area contributed by atoms with Crippen molar-refractivity contribution >= 4 is 11.9 Å². The Labute approximate surface area is 83.8 Å². The molecule has 0 heterocycles. The van der Waals surface area contributed by atoms with E-state index in [9.17, 15) is 9.59 Å². The highest BCUT2D eigenvalue weighted by Gasteiger charge is 2.06. The van der Waals surface area contributed by atoms with Crippen LogP contribution in [0.1, 0.15) is 20.3 Å². The van der Waals surface area contributed by atoms with E-state index in [-0.39, 0.29) is 37.6 Å². The molecule has 0 aromatic heterocycles. The molecule has 0 aromatic rings. The summed E-state index contributed by atoms with van der Waals surface area (Å²) in [5.41, 5.74) is 0. The SMILES string of the molecule is COCC(=O)NCCC(=O)OC(C)C. The van der Waals surface area contributed by atoms with Gasteiger partial charge in [-0.3, -0.25) is 9.59 Å². The smallest absolute Gasteiger partial charge is 0.307 e. The van der Waals surface area contributed by atoms with Gasteiger partial charge in [0.25, 0.3) is 0 Å². The fourth-order valence-corrected chi connectivity index (χ4v) is 0.808. The van der Waals surface area contributed by atoms with Crippen LogP contribution in [0.2, 0.25) is 0 Å². The molecule has 0 aromatic carbocycles. The van der Waals surface area contributed by atoms with E-state index < -0.39 is 0 Å². The van der Waals surface area contributed by atoms with Crippen molar-refractivity contribution in [1.29, 1.82) is 0 Å². The molecule has 1 N–H and O–H groups in total. The largest absolute Gasteiger partial charge is 0.463 e. The molecule has 5 nitrogen and oxygen atoms in total. The molecular formula is C9H17NO4. The van der Waals surface area contributed by atoms with E-state index in [1.807, 2.05) is 0 Å². The molecule has 0 fully saturated rings. The monoisotopic (exact) mass is 203 g/mol. The fraction of sp³-hybridized carbons (Fsp3) is 0.778. The summed E-state index contributed by atoms with van der Waals surface area (Å²) >= 11 is 0. The molecule has 82 valence electrons. The second-order valence-corrected chi connectivity index (χ2v) is 3.07. The zero-order valence-electron chi connectivity index (χ0n) is 8.83. The van der Waals surface area contributed by atoms with Crippen molar-refractivity contribution in [2.24, 2.45) is 0 Å². The minimum Gasteiger partial charge on any atom is -0.463 e. The number of nitrogens with one attached hydrogen (secondary N) is 1. The van der Waals surface area contributed by atoms with Gasteiger partial charge in [0.1, 0.15) is 6.61 Å². The summed E-state index contributed by atoms with van der Waals surface area (Å²) in [6.45, 7) is 3.86. The Morgan fingerprint density at radius 3 is 2.50 bits per heavy atom. The number of amides is 1. The Kier molecular flexibility index (Phi) is 6.74. The molecule has 0 rings (SSSR count). The summed E-state index contributed by atoms with van der Waals surface area (Å²) in [5, 5.41) is 2.52. The highest BCUT2D eigenvalue weighted by molar-refractivity contribution is 5.78. The fourth-order valence-electron chi connectivity index (χ4n) is 0.808. The first-order valence-electron chi connectivity index (χ1n) is 4.51. The molecule has 0 saturated heterocycles. The standard InChI is InChI=1S/C9H17NO4/c1-7(2)14-9(12)4-5-10-8(11)6-13-3/h7H,4-6H2,1-3H3,(H,10,11). The van der Waals surface area contributed by atoms with Crippen LogP contribution < -0.4 is 5.32 Å². The number of rotatable bonds is 6. The Morgan fingerprint density at radius 1 is 1.36 bits per heavy atom. The summed E-state index contributed by atoms with van der Waals surface area (Å²) in [5.74, 6) is -0.539. The van der Waals surface area contributed by atoms with E-state index in [1.165, 1.54) is 7.11 Å². The minimum absolute atomic E-state index is 0.0131. The van der Waals surface area contributed by atoms with Crippen molar-refractivity contribution < 1.29 is 19.1 Å². The van der Waals surface area contributed by atoms with Crippen molar-refractivity contribution in [2.45, 2.75) is 26.4 Å². The predicted octanol–water partition coefficient (Wildman–Crippen LogP) is 0.0907. The van der Waals surface area contributed by atoms with Gasteiger partial charge in [0.05, 0.1) is 12.5 Å². The number of hydrogen-bond acceptors (Lipinski definition) is 4. The number of esters is 1. The Hall–Kier alpha value is -1.10. The van der Waals surface area contributed by atoms with Crippen LogP contribution in [-0.4, -0.2) is 38.2 Å². The van der Waals surface area contributed by atoms with Crippen LogP contribution in [0.15, 0.2) is 0 Å². The summed E-state index contributed by atoms with van der Waals surface area (Å²) in [6, 6.07) is 0. The van der Waals surface area contributed by atoms with E-state index in [0.29, 0.717) is 0 Å². The first kappa shape index (κ1) is 12.9. The summed E-state index contributed by atoms with van der Waals surface area (Å²) in [7, 11) is 1.44. The van der Waals surface area contributed by atoms with Crippen LogP contribution >= 0.6 is 0 Å². The van der Waals surface area contributed by atoms with Crippen LogP contribution in [0.25, 0.3) is 0 Å². The van der Waals surface area contributed by atoms with Gasteiger partial charge in [-0.1, -0.05) is 0 Å². The molecule has 0 radical (unpaired) electrons. The van der Waals surface area contributed by atoms with E-state index in [2.05, 4.69) is 10.1 Å². The van der Waals surface area contributed by atoms with E-state index >= 15 is 0 Å². The van der Waals surface area contributed by atoms with Crippen molar-refractivity contribution in [2.75, 3.05) is 20.3 Å². The minimum atomic E-state index is -0.308. The second-order valence-electron chi connectivity index (χ2n) is 3.07. The number of hydrogen-bond donors (Lipinski definition) is 1. The molecule has 0 spiro atoms. The number of methoxy groups -OCH3 is 1. The van der Waals surface area contributed by atoms with Crippen LogP contribution in [0.5, 0.6) is 0 Å². The van der Waals surface area contributed by atoms with Gasteiger partial charge in [-0.15, -0.1) is 0 Å². The van der Waals surface area contributed by atoms with Crippen LogP contribution in [-0.2, 0) is 19.1 Å². The van der Waals surface area contributed by atoms with Crippen molar-refractivity contribution in [3.05, 3.63) is 0 Å². The number of carbonyl (C=O) groups excluding carboxylic acids is 2. The number of ether oxygens (including phenoxy) is 2. The molecule has 0 aliphatic rings. The second kappa shape index (κ2) is 7.32. The lowest BCUT2D eigenvalue weighted by atomic mass is 10.4. The van der Waals surface area contributed by atoms with Crippen molar-refractivity contribution in [3.63, 3.8) is 0 Å². The quantitative estimate of drug-likeness (QED) is 0.621. The zero-order valence-corrected chi connectivity index (χ0v) is 8.83. The highest BCUT2D eigenvalue weighted by Crippen LogP contribution is 1.91. The van der Waals surface area contributed by atoms with Crippen LogP contribution in [0, 0.1) is 0 Å². The molecule has 0 unspecified atom stereocenters. The van der Waals surface area contributed by atoms with Crippen LogP contribution in [0.3, 0.4) is 0 Å². The molecule has 0 saturated carbocycles. The van der Waals surface area contributed by atoms with Crippen molar-refractivity contribution in [3.8, 4) is 0 Å².